The fourth-order valence-corrected chi connectivity index (χ4v) is 2.80. The van der Waals surface area contributed by atoms with Gasteiger partial charge in [-0.2, -0.15) is 0 Å². The summed E-state index contributed by atoms with van der Waals surface area (Å²) in [5, 5.41) is 0. The Morgan fingerprint density at radius 3 is 1.40 bits per heavy atom. The van der Waals surface area contributed by atoms with Gasteiger partial charge in [0.15, 0.2) is 0 Å². The van der Waals surface area contributed by atoms with Gasteiger partial charge < -0.3 is 0 Å². The first-order valence-corrected chi connectivity index (χ1v) is 6.13. The van der Waals surface area contributed by atoms with E-state index in [-0.39, 0.29) is 17.0 Å². The zero-order valence-electron chi connectivity index (χ0n) is 7.68. The fourth-order valence-electron chi connectivity index (χ4n) is 0.934. The van der Waals surface area contributed by atoms with E-state index in [0.29, 0.717) is 20.4 Å². The Kier molecular flexibility index (Phi) is 11.5. The highest BCUT2D eigenvalue weighted by Crippen LogP contribution is 2.05. The van der Waals surface area contributed by atoms with Gasteiger partial charge in [0, 0.05) is 0 Å². The molecule has 0 N–H and O–H groups in total. The van der Waals surface area contributed by atoms with E-state index in [0.717, 1.165) is 11.8 Å². The van der Waals surface area contributed by atoms with Crippen LogP contribution < -0.4 is 0 Å². The standard InChI is InChI=1S/2C4H9.BrH.Mg/c2*1-4(2)3;;/h2*4H,1H2,2-3H3;1H;. The van der Waals surface area contributed by atoms with E-state index in [2.05, 4.69) is 27.7 Å². The van der Waals surface area contributed by atoms with Crippen LogP contribution in [0.25, 0.3) is 0 Å². The fraction of sp³-hybridized carbons (Fsp3) is 1.00. The number of rotatable bonds is 4. The van der Waals surface area contributed by atoms with Gasteiger partial charge in [0.25, 0.3) is 0 Å². The molecule has 0 rings (SSSR count). The van der Waals surface area contributed by atoms with E-state index in [9.17, 15) is 0 Å². The maximum atomic E-state index is 2.33. The van der Waals surface area contributed by atoms with Gasteiger partial charge >= 0.3 is 20.4 Å². The summed E-state index contributed by atoms with van der Waals surface area (Å²) in [6.45, 7) is 9.31. The van der Waals surface area contributed by atoms with Gasteiger partial charge in [-0.05, 0) is 0 Å². The Morgan fingerprint density at radius 2 is 1.20 bits per heavy atom. The molecule has 60 valence electrons. The van der Waals surface area contributed by atoms with E-state index >= 15 is 0 Å². The van der Waals surface area contributed by atoms with Crippen LogP contribution in [-0.2, 0) is 0 Å². The van der Waals surface area contributed by atoms with Crippen LogP contribution in [0, 0.1) is 11.8 Å². The number of halogens is 1. The first-order chi connectivity index (χ1) is 4.13. The van der Waals surface area contributed by atoms with Crippen LogP contribution in [0.1, 0.15) is 27.7 Å². The summed E-state index contributed by atoms with van der Waals surface area (Å²) in [6, 6.07) is 0. The molecular weight excluding hydrogens is 200 g/mol. The molecule has 0 heterocycles. The molecule has 0 bridgehead atoms. The lowest BCUT2D eigenvalue weighted by Crippen LogP contribution is -1.99. The van der Waals surface area contributed by atoms with Crippen LogP contribution in [0.3, 0.4) is 0 Å². The summed E-state index contributed by atoms with van der Waals surface area (Å²) in [6.07, 6.45) is 0. The van der Waals surface area contributed by atoms with Crippen LogP contribution in [0.4, 0.5) is 0 Å². The Labute approximate surface area is 85.6 Å². The predicted molar refractivity (Wildman–Crippen MR) is 55.4 cm³/mol. The molecule has 0 saturated heterocycles. The molecule has 0 aliphatic rings. The van der Waals surface area contributed by atoms with Crippen molar-refractivity contribution in [2.24, 2.45) is 11.8 Å². The average Bonchev–Trinajstić information content (AvgIpc) is 1.63. The zero-order chi connectivity index (χ0) is 7.28. The summed E-state index contributed by atoms with van der Waals surface area (Å²) >= 11 is 0.316. The normalized spacial score (nSPS) is 9.40. The van der Waals surface area contributed by atoms with Gasteiger partial charge in [0.2, 0.25) is 0 Å². The second kappa shape index (κ2) is 8.34. The summed E-state index contributed by atoms with van der Waals surface area (Å²) in [5.74, 6) is 1.91. The van der Waals surface area contributed by atoms with E-state index in [1.54, 1.807) is 0 Å². The second-order valence-electron chi connectivity index (χ2n) is 3.72. The minimum atomic E-state index is 0. The van der Waals surface area contributed by atoms with Gasteiger partial charge in [-0.25, -0.2) is 0 Å². The third kappa shape index (κ3) is 12.0. The van der Waals surface area contributed by atoms with E-state index < -0.39 is 0 Å². The lowest BCUT2D eigenvalue weighted by atomic mass is 10.3. The van der Waals surface area contributed by atoms with Crippen molar-refractivity contribution in [1.82, 2.24) is 0 Å². The van der Waals surface area contributed by atoms with Crippen molar-refractivity contribution < 1.29 is 0 Å². The molecule has 0 aliphatic carbocycles. The van der Waals surface area contributed by atoms with Crippen molar-refractivity contribution in [3.63, 3.8) is 0 Å². The van der Waals surface area contributed by atoms with Gasteiger partial charge in [0.1, 0.15) is 0 Å². The Balaban J connectivity index is 0. The lowest BCUT2D eigenvalue weighted by molar-refractivity contribution is 0.700. The SMILES string of the molecule is Br.CC(C)[CH2][Mg][CH2]C(C)C. The monoisotopic (exact) mass is 218 g/mol. The van der Waals surface area contributed by atoms with Gasteiger partial charge in [-0.1, -0.05) is 39.5 Å². The molecule has 0 aromatic heterocycles. The van der Waals surface area contributed by atoms with Crippen molar-refractivity contribution in [2.75, 3.05) is 0 Å². The number of hydrogen-bond donors (Lipinski definition) is 0. The molecule has 0 aliphatic heterocycles. The van der Waals surface area contributed by atoms with E-state index in [4.69, 9.17) is 0 Å². The van der Waals surface area contributed by atoms with Gasteiger partial charge in [-0.15, -0.1) is 26.1 Å². The van der Waals surface area contributed by atoms with Crippen molar-refractivity contribution >= 4 is 37.3 Å². The summed E-state index contributed by atoms with van der Waals surface area (Å²) in [7, 11) is 0. The van der Waals surface area contributed by atoms with Crippen LogP contribution in [0.5, 0.6) is 0 Å². The van der Waals surface area contributed by atoms with Crippen molar-refractivity contribution in [3.05, 3.63) is 0 Å². The highest BCUT2D eigenvalue weighted by molar-refractivity contribution is 8.93. The molecule has 0 unspecified atom stereocenters. The van der Waals surface area contributed by atoms with Crippen LogP contribution in [-0.4, -0.2) is 20.4 Å². The minimum absolute atomic E-state index is 0. The first kappa shape index (κ1) is 13.8. The maximum absolute atomic E-state index is 2.33. The highest BCUT2D eigenvalue weighted by atomic mass is 79.9. The maximum Gasteiger partial charge on any atom is 0.364 e. The summed E-state index contributed by atoms with van der Waals surface area (Å²) in [5.41, 5.74) is 0. The second-order valence-corrected chi connectivity index (χ2v) is 5.58. The molecule has 0 amide bonds. The molecule has 0 radical (unpaired) electrons. The molecule has 0 atom stereocenters. The zero-order valence-corrected chi connectivity index (χ0v) is 10.8. The van der Waals surface area contributed by atoms with Crippen molar-refractivity contribution in [1.29, 1.82) is 0 Å². The number of hydrogen-bond acceptors (Lipinski definition) is 0. The predicted octanol–water partition coefficient (Wildman–Crippen LogP) is 3.42. The highest BCUT2D eigenvalue weighted by Gasteiger charge is 2.00. The molecule has 0 aromatic carbocycles. The van der Waals surface area contributed by atoms with Gasteiger partial charge in [0.05, 0.1) is 0 Å². The topological polar surface area (TPSA) is 0 Å². The van der Waals surface area contributed by atoms with Crippen molar-refractivity contribution in [2.45, 2.75) is 36.8 Å². The minimum Gasteiger partial charge on any atom is -0.144 e. The molecule has 0 saturated carbocycles. The molecular formula is C8H19BrMg. The summed E-state index contributed by atoms with van der Waals surface area (Å²) in [4.78, 5) is 0. The van der Waals surface area contributed by atoms with Gasteiger partial charge in [-0.3, -0.25) is 0 Å². The lowest BCUT2D eigenvalue weighted by Gasteiger charge is -2.03. The van der Waals surface area contributed by atoms with Crippen molar-refractivity contribution in [3.8, 4) is 0 Å². The molecule has 0 spiro atoms. The molecule has 0 nitrogen and oxygen atoms in total. The Bertz CT molecular complexity index is 54.3. The Morgan fingerprint density at radius 1 is 0.900 bits per heavy atom. The third-order valence-electron chi connectivity index (χ3n) is 1.56. The molecule has 0 fully saturated rings. The smallest absolute Gasteiger partial charge is 0.144 e. The molecule has 10 heavy (non-hydrogen) atoms. The third-order valence-corrected chi connectivity index (χ3v) is 4.69. The first-order valence-electron chi connectivity index (χ1n) is 4.13. The van der Waals surface area contributed by atoms with E-state index in [1.165, 1.54) is 9.10 Å². The quantitative estimate of drug-likeness (QED) is 0.636. The van der Waals surface area contributed by atoms with Crippen LogP contribution >= 0.6 is 17.0 Å². The van der Waals surface area contributed by atoms with Crippen LogP contribution in [0.2, 0.25) is 9.10 Å². The average molecular weight is 219 g/mol. The molecule has 2 heteroatoms. The van der Waals surface area contributed by atoms with Crippen LogP contribution in [0.15, 0.2) is 0 Å². The largest absolute Gasteiger partial charge is 0.364 e. The summed E-state index contributed by atoms with van der Waals surface area (Å²) < 4.78 is 3.08. The van der Waals surface area contributed by atoms with E-state index in [1.807, 2.05) is 0 Å². The molecule has 0 aromatic rings. The Hall–Kier alpha value is 1.25.